The Morgan fingerprint density at radius 3 is 2.90 bits per heavy atom. The first-order chi connectivity index (χ1) is 4.79. The van der Waals surface area contributed by atoms with E-state index in [1.54, 1.807) is 0 Å². The normalized spacial score (nSPS) is 30.6. The molecular formula is C7H11N3. The molecule has 0 amide bonds. The van der Waals surface area contributed by atoms with Crippen LogP contribution in [-0.4, -0.2) is 15.8 Å². The molecule has 1 unspecified atom stereocenters. The summed E-state index contributed by atoms with van der Waals surface area (Å²) < 4.78 is 1.90. The van der Waals surface area contributed by atoms with Crippen LogP contribution in [0.2, 0.25) is 0 Å². The lowest BCUT2D eigenvalue weighted by Crippen LogP contribution is -2.04. The first-order valence-corrected chi connectivity index (χ1v) is 3.52. The predicted molar refractivity (Wildman–Crippen MR) is 38.5 cm³/mol. The Kier molecular flexibility index (Phi) is 1.08. The zero-order valence-corrected chi connectivity index (χ0v) is 5.99. The second-order valence-corrected chi connectivity index (χ2v) is 2.89. The molecule has 1 heterocycles. The fourth-order valence-electron chi connectivity index (χ4n) is 1.30. The largest absolute Gasteiger partial charge is 0.327 e. The van der Waals surface area contributed by atoms with Gasteiger partial charge in [-0.3, -0.25) is 4.68 Å². The Morgan fingerprint density at radius 1 is 1.80 bits per heavy atom. The van der Waals surface area contributed by atoms with Gasteiger partial charge in [0.2, 0.25) is 0 Å². The molecule has 1 saturated carbocycles. The third-order valence-corrected chi connectivity index (χ3v) is 2.08. The predicted octanol–water partition coefficient (Wildman–Crippen LogP) is 0.235. The second-order valence-electron chi connectivity index (χ2n) is 2.89. The number of rotatable bonds is 1. The highest BCUT2D eigenvalue weighted by Gasteiger charge is 2.36. The summed E-state index contributed by atoms with van der Waals surface area (Å²) in [7, 11) is 1.96. The van der Waals surface area contributed by atoms with Crippen LogP contribution in [0.4, 0.5) is 0 Å². The molecule has 0 aliphatic heterocycles. The van der Waals surface area contributed by atoms with Gasteiger partial charge in [-0.05, 0) is 12.5 Å². The van der Waals surface area contributed by atoms with Crippen LogP contribution < -0.4 is 5.73 Å². The molecule has 1 aliphatic carbocycles. The fourth-order valence-corrected chi connectivity index (χ4v) is 1.30. The summed E-state index contributed by atoms with van der Waals surface area (Å²) in [5.41, 5.74) is 6.96. The Hall–Kier alpha value is -0.830. The van der Waals surface area contributed by atoms with Crippen LogP contribution in [0.1, 0.15) is 18.0 Å². The standard InChI is InChI=1S/C7H11N3/c1-10-7(2-3-9-10)5-4-6(5)8/h2-3,5-6H,4,8H2,1H3/t5?,6-/m1/s1. The van der Waals surface area contributed by atoms with Crippen LogP contribution in [0, 0.1) is 0 Å². The van der Waals surface area contributed by atoms with Crippen molar-refractivity contribution in [2.45, 2.75) is 18.4 Å². The van der Waals surface area contributed by atoms with Gasteiger partial charge in [0.15, 0.2) is 0 Å². The summed E-state index contributed by atoms with van der Waals surface area (Å²) in [6.07, 6.45) is 2.94. The average molecular weight is 137 g/mol. The topological polar surface area (TPSA) is 43.8 Å². The van der Waals surface area contributed by atoms with Crippen LogP contribution in [-0.2, 0) is 7.05 Å². The SMILES string of the molecule is Cn1nccc1C1C[C@H]1N. The van der Waals surface area contributed by atoms with Crippen molar-refractivity contribution in [3.63, 3.8) is 0 Å². The van der Waals surface area contributed by atoms with Gasteiger partial charge >= 0.3 is 0 Å². The zero-order chi connectivity index (χ0) is 7.14. The maximum Gasteiger partial charge on any atom is 0.0492 e. The number of hydrogen-bond donors (Lipinski definition) is 1. The summed E-state index contributed by atoms with van der Waals surface area (Å²) in [4.78, 5) is 0. The highest BCUT2D eigenvalue weighted by atomic mass is 15.3. The quantitative estimate of drug-likeness (QED) is 0.602. The second kappa shape index (κ2) is 1.83. The summed E-state index contributed by atoms with van der Waals surface area (Å²) >= 11 is 0. The minimum absolute atomic E-state index is 0.385. The van der Waals surface area contributed by atoms with Crippen LogP contribution in [0.5, 0.6) is 0 Å². The Balaban J connectivity index is 2.26. The van der Waals surface area contributed by atoms with E-state index in [9.17, 15) is 0 Å². The third-order valence-electron chi connectivity index (χ3n) is 2.08. The van der Waals surface area contributed by atoms with Crippen molar-refractivity contribution < 1.29 is 0 Å². The lowest BCUT2D eigenvalue weighted by Gasteiger charge is -1.96. The molecule has 2 N–H and O–H groups in total. The Labute approximate surface area is 59.8 Å². The van der Waals surface area contributed by atoms with Crippen LogP contribution in [0.3, 0.4) is 0 Å². The smallest absolute Gasteiger partial charge is 0.0492 e. The molecule has 1 aromatic heterocycles. The van der Waals surface area contributed by atoms with Gasteiger partial charge in [-0.15, -0.1) is 0 Å². The number of aryl methyl sites for hydroxylation is 1. The van der Waals surface area contributed by atoms with Crippen LogP contribution in [0.25, 0.3) is 0 Å². The summed E-state index contributed by atoms with van der Waals surface area (Å²) in [6, 6.07) is 2.42. The molecule has 3 heteroatoms. The Bertz CT molecular complexity index is 241. The number of nitrogens with zero attached hydrogens (tertiary/aromatic N) is 2. The molecule has 3 nitrogen and oxygen atoms in total. The van der Waals surface area contributed by atoms with Crippen molar-refractivity contribution in [2.24, 2.45) is 12.8 Å². The van der Waals surface area contributed by atoms with Gasteiger partial charge in [0, 0.05) is 30.9 Å². The van der Waals surface area contributed by atoms with E-state index in [1.165, 1.54) is 5.69 Å². The summed E-state index contributed by atoms with van der Waals surface area (Å²) in [5.74, 6) is 0.576. The van der Waals surface area contributed by atoms with Gasteiger partial charge in [-0.1, -0.05) is 0 Å². The lowest BCUT2D eigenvalue weighted by molar-refractivity contribution is 0.707. The molecule has 0 radical (unpaired) electrons. The maximum atomic E-state index is 5.69. The highest BCUT2D eigenvalue weighted by molar-refractivity contribution is 5.19. The van der Waals surface area contributed by atoms with Gasteiger partial charge in [0.05, 0.1) is 0 Å². The van der Waals surface area contributed by atoms with Gasteiger partial charge in [0.1, 0.15) is 0 Å². The summed E-state index contributed by atoms with van der Waals surface area (Å²) in [5, 5.41) is 4.07. The van der Waals surface area contributed by atoms with Crippen molar-refractivity contribution in [3.8, 4) is 0 Å². The minimum Gasteiger partial charge on any atom is -0.327 e. The first kappa shape index (κ1) is 5.92. The minimum atomic E-state index is 0.385. The van der Waals surface area contributed by atoms with E-state index in [0.29, 0.717) is 12.0 Å². The molecule has 1 aromatic rings. The average Bonchev–Trinajstić information content (AvgIpc) is 2.42. The first-order valence-electron chi connectivity index (χ1n) is 3.52. The molecule has 2 rings (SSSR count). The van der Waals surface area contributed by atoms with E-state index in [4.69, 9.17) is 5.73 Å². The van der Waals surface area contributed by atoms with Gasteiger partial charge in [0.25, 0.3) is 0 Å². The van der Waals surface area contributed by atoms with E-state index in [1.807, 2.05) is 24.0 Å². The fraction of sp³-hybridized carbons (Fsp3) is 0.571. The lowest BCUT2D eigenvalue weighted by atomic mass is 10.3. The van der Waals surface area contributed by atoms with Crippen molar-refractivity contribution in [3.05, 3.63) is 18.0 Å². The molecule has 0 saturated heterocycles. The molecular weight excluding hydrogens is 126 g/mol. The van der Waals surface area contributed by atoms with Gasteiger partial charge < -0.3 is 5.73 Å². The molecule has 54 valence electrons. The number of nitrogens with two attached hydrogens (primary N) is 1. The van der Waals surface area contributed by atoms with E-state index in [2.05, 4.69) is 5.10 Å². The third kappa shape index (κ3) is 0.743. The highest BCUT2D eigenvalue weighted by Crippen LogP contribution is 2.38. The number of hydrogen-bond acceptors (Lipinski definition) is 2. The van der Waals surface area contributed by atoms with Gasteiger partial charge in [-0.2, -0.15) is 5.10 Å². The van der Waals surface area contributed by atoms with E-state index in [0.717, 1.165) is 6.42 Å². The van der Waals surface area contributed by atoms with E-state index in [-0.39, 0.29) is 0 Å². The Morgan fingerprint density at radius 2 is 2.50 bits per heavy atom. The molecule has 0 spiro atoms. The molecule has 10 heavy (non-hydrogen) atoms. The summed E-state index contributed by atoms with van der Waals surface area (Å²) in [6.45, 7) is 0. The molecule has 1 fully saturated rings. The monoisotopic (exact) mass is 137 g/mol. The molecule has 0 aromatic carbocycles. The van der Waals surface area contributed by atoms with Crippen LogP contribution in [0.15, 0.2) is 12.3 Å². The number of aromatic nitrogens is 2. The van der Waals surface area contributed by atoms with Crippen molar-refractivity contribution in [1.29, 1.82) is 0 Å². The molecule has 1 aliphatic rings. The van der Waals surface area contributed by atoms with Crippen molar-refractivity contribution in [1.82, 2.24) is 9.78 Å². The zero-order valence-electron chi connectivity index (χ0n) is 5.99. The van der Waals surface area contributed by atoms with Crippen LogP contribution >= 0.6 is 0 Å². The molecule has 0 bridgehead atoms. The van der Waals surface area contributed by atoms with Crippen molar-refractivity contribution >= 4 is 0 Å². The maximum absolute atomic E-state index is 5.69. The van der Waals surface area contributed by atoms with Gasteiger partial charge in [-0.25, -0.2) is 0 Å². The van der Waals surface area contributed by atoms with Crippen molar-refractivity contribution in [2.75, 3.05) is 0 Å². The van der Waals surface area contributed by atoms with E-state index >= 15 is 0 Å². The molecule has 2 atom stereocenters. The van der Waals surface area contributed by atoms with E-state index < -0.39 is 0 Å².